The van der Waals surface area contributed by atoms with Crippen molar-refractivity contribution in [1.29, 1.82) is 0 Å². The Morgan fingerprint density at radius 3 is 3.06 bits per heavy atom. The number of carbonyl (C=O) groups excluding carboxylic acids is 1. The minimum atomic E-state index is -0.408. The Morgan fingerprint density at radius 2 is 2.47 bits per heavy atom. The number of aldehydes is 1. The molecular formula is C10H8BrClFN3O. The molecule has 1 aromatic rings. The first-order valence-corrected chi connectivity index (χ1v) is 5.93. The molecule has 0 aromatic carbocycles. The summed E-state index contributed by atoms with van der Waals surface area (Å²) in [7, 11) is 0. The van der Waals surface area contributed by atoms with Gasteiger partial charge in [-0.2, -0.15) is 0 Å². The van der Waals surface area contributed by atoms with Crippen LogP contribution in [0.3, 0.4) is 0 Å². The maximum absolute atomic E-state index is 13.5. The summed E-state index contributed by atoms with van der Waals surface area (Å²) in [6.45, 7) is 0.658. The minimum Gasteiger partial charge on any atom is -0.380 e. The molecule has 1 aliphatic rings. The molecule has 0 saturated heterocycles. The van der Waals surface area contributed by atoms with Crippen molar-refractivity contribution in [2.75, 3.05) is 6.54 Å². The Hall–Kier alpha value is -1.14. The average molecular weight is 321 g/mol. The maximum Gasteiger partial charge on any atom is 0.178 e. The second-order valence-corrected chi connectivity index (χ2v) is 4.65. The fourth-order valence-electron chi connectivity index (χ4n) is 1.43. The van der Waals surface area contributed by atoms with Crippen LogP contribution in [0.1, 0.15) is 10.5 Å². The number of nitrogens with one attached hydrogen (secondary N) is 1. The van der Waals surface area contributed by atoms with E-state index >= 15 is 0 Å². The largest absolute Gasteiger partial charge is 0.380 e. The van der Waals surface area contributed by atoms with Crippen LogP contribution in [0.25, 0.3) is 0 Å². The molecule has 0 spiro atoms. The van der Waals surface area contributed by atoms with Gasteiger partial charge < -0.3 is 9.88 Å². The molecule has 0 saturated carbocycles. The Bertz CT molecular complexity index is 524. The van der Waals surface area contributed by atoms with E-state index in [0.29, 0.717) is 34.0 Å². The van der Waals surface area contributed by atoms with Crippen molar-refractivity contribution in [1.82, 2.24) is 14.9 Å². The third-order valence-corrected chi connectivity index (χ3v) is 3.11. The van der Waals surface area contributed by atoms with Crippen LogP contribution in [0.15, 0.2) is 33.6 Å². The highest BCUT2D eigenvalue weighted by Crippen LogP contribution is 2.19. The molecule has 2 heterocycles. The summed E-state index contributed by atoms with van der Waals surface area (Å²) in [5.41, 5.74) is 0.701. The predicted octanol–water partition coefficient (Wildman–Crippen LogP) is 2.37. The van der Waals surface area contributed by atoms with E-state index in [9.17, 15) is 9.18 Å². The summed E-state index contributed by atoms with van der Waals surface area (Å²) in [6, 6.07) is 0. The zero-order chi connectivity index (χ0) is 12.4. The normalized spacial score (nSPS) is 15.6. The molecule has 1 aliphatic heterocycles. The molecule has 0 bridgehead atoms. The zero-order valence-corrected chi connectivity index (χ0v) is 10.9. The highest BCUT2D eigenvalue weighted by atomic mass is 79.9. The quantitative estimate of drug-likeness (QED) is 0.870. The van der Waals surface area contributed by atoms with Crippen molar-refractivity contribution >= 4 is 33.8 Å². The van der Waals surface area contributed by atoms with E-state index in [0.717, 1.165) is 0 Å². The lowest BCUT2D eigenvalue weighted by Crippen LogP contribution is -2.23. The van der Waals surface area contributed by atoms with Crippen LogP contribution in [0, 0.1) is 0 Å². The van der Waals surface area contributed by atoms with Gasteiger partial charge in [-0.25, -0.2) is 9.37 Å². The smallest absolute Gasteiger partial charge is 0.178 e. The van der Waals surface area contributed by atoms with Gasteiger partial charge in [0.15, 0.2) is 11.0 Å². The summed E-state index contributed by atoms with van der Waals surface area (Å²) in [5, 5.41) is 3.29. The first-order chi connectivity index (χ1) is 8.10. The molecule has 0 amide bonds. The summed E-state index contributed by atoms with van der Waals surface area (Å²) in [5.74, 6) is -0.408. The Morgan fingerprint density at radius 1 is 1.71 bits per heavy atom. The molecule has 90 valence electrons. The van der Waals surface area contributed by atoms with Gasteiger partial charge in [-0.15, -0.1) is 0 Å². The highest BCUT2D eigenvalue weighted by molar-refractivity contribution is 9.10. The topological polar surface area (TPSA) is 46.9 Å². The maximum atomic E-state index is 13.5. The van der Waals surface area contributed by atoms with Crippen molar-refractivity contribution in [2.45, 2.75) is 6.54 Å². The van der Waals surface area contributed by atoms with Crippen molar-refractivity contribution in [3.05, 3.63) is 39.3 Å². The monoisotopic (exact) mass is 319 g/mol. The van der Waals surface area contributed by atoms with Crippen LogP contribution in [0.2, 0.25) is 0 Å². The summed E-state index contributed by atoms with van der Waals surface area (Å²) < 4.78 is 15.6. The number of imidazole rings is 1. The van der Waals surface area contributed by atoms with Crippen LogP contribution in [-0.4, -0.2) is 22.4 Å². The van der Waals surface area contributed by atoms with E-state index in [4.69, 9.17) is 11.6 Å². The van der Waals surface area contributed by atoms with E-state index in [1.165, 1.54) is 6.08 Å². The fraction of sp³-hybridized carbons (Fsp3) is 0.200. The van der Waals surface area contributed by atoms with Crippen molar-refractivity contribution in [3.63, 3.8) is 0 Å². The third-order valence-electron chi connectivity index (χ3n) is 2.24. The number of halogens is 3. The zero-order valence-electron chi connectivity index (χ0n) is 8.58. The van der Waals surface area contributed by atoms with Gasteiger partial charge in [-0.05, 0) is 22.0 Å². The van der Waals surface area contributed by atoms with E-state index in [-0.39, 0.29) is 6.54 Å². The predicted molar refractivity (Wildman–Crippen MR) is 65.4 cm³/mol. The Kier molecular flexibility index (Phi) is 3.63. The summed E-state index contributed by atoms with van der Waals surface area (Å²) >= 11 is 8.88. The number of rotatable bonds is 3. The van der Waals surface area contributed by atoms with Crippen LogP contribution in [0.5, 0.6) is 0 Å². The number of aromatic nitrogens is 2. The van der Waals surface area contributed by atoms with E-state index in [1.807, 2.05) is 0 Å². The number of nitrogens with zero attached hydrogens (tertiary/aromatic N) is 2. The summed E-state index contributed by atoms with van der Waals surface area (Å²) in [4.78, 5) is 14.5. The summed E-state index contributed by atoms with van der Waals surface area (Å²) in [6.07, 6.45) is 3.45. The van der Waals surface area contributed by atoms with Crippen molar-refractivity contribution < 1.29 is 9.18 Å². The molecule has 0 unspecified atom stereocenters. The van der Waals surface area contributed by atoms with Gasteiger partial charge in [0, 0.05) is 11.2 Å². The molecule has 0 radical (unpaired) electrons. The molecule has 2 rings (SSSR count). The van der Waals surface area contributed by atoms with Gasteiger partial charge in [-0.1, -0.05) is 11.6 Å². The van der Waals surface area contributed by atoms with Gasteiger partial charge in [0.1, 0.15) is 11.5 Å². The van der Waals surface area contributed by atoms with Crippen LogP contribution in [0.4, 0.5) is 4.39 Å². The minimum absolute atomic E-state index is 0.258. The Labute approximate surface area is 110 Å². The van der Waals surface area contributed by atoms with Gasteiger partial charge in [0.05, 0.1) is 18.8 Å². The van der Waals surface area contributed by atoms with Crippen molar-refractivity contribution in [2.24, 2.45) is 0 Å². The van der Waals surface area contributed by atoms with Crippen LogP contribution in [-0.2, 0) is 6.54 Å². The molecule has 4 nitrogen and oxygen atoms in total. The van der Waals surface area contributed by atoms with Crippen LogP contribution >= 0.6 is 27.5 Å². The first kappa shape index (κ1) is 12.3. The van der Waals surface area contributed by atoms with Crippen molar-refractivity contribution in [3.8, 4) is 0 Å². The number of dihydropyridines is 1. The lowest BCUT2D eigenvalue weighted by Gasteiger charge is -2.16. The molecule has 7 heteroatoms. The highest BCUT2D eigenvalue weighted by Gasteiger charge is 2.14. The van der Waals surface area contributed by atoms with E-state index < -0.39 is 5.83 Å². The molecule has 0 aliphatic carbocycles. The Balaban J connectivity index is 2.23. The van der Waals surface area contributed by atoms with E-state index in [1.54, 1.807) is 10.8 Å². The lowest BCUT2D eigenvalue weighted by atomic mass is 10.2. The van der Waals surface area contributed by atoms with Crippen LogP contribution < -0.4 is 5.32 Å². The number of allylic oxidation sites excluding steroid dienone is 3. The molecule has 1 N–H and O–H groups in total. The fourth-order valence-corrected chi connectivity index (χ4v) is 2.03. The molecule has 17 heavy (non-hydrogen) atoms. The standard InChI is InChI=1S/C10H8BrClFN3O/c11-10-15-7(5-17)3-16(10)4-9-8(13)1-6(12)2-14-9/h1,3,5,14H,2,4H2. The SMILES string of the molecule is O=Cc1cn(CC2=C(F)C=C(Cl)CN2)c(Br)n1. The first-order valence-electron chi connectivity index (χ1n) is 4.76. The number of hydrogen-bond acceptors (Lipinski definition) is 3. The molecule has 1 aromatic heterocycles. The van der Waals surface area contributed by atoms with Gasteiger partial charge in [-0.3, -0.25) is 4.79 Å². The van der Waals surface area contributed by atoms with Gasteiger partial charge in [0.25, 0.3) is 0 Å². The van der Waals surface area contributed by atoms with E-state index in [2.05, 4.69) is 26.2 Å². The lowest BCUT2D eigenvalue weighted by molar-refractivity contribution is 0.111. The third kappa shape index (κ3) is 2.76. The molecule has 0 atom stereocenters. The number of carbonyl (C=O) groups is 1. The number of hydrogen-bond donors (Lipinski definition) is 1. The average Bonchev–Trinajstić information content (AvgIpc) is 2.64. The second-order valence-electron chi connectivity index (χ2n) is 3.45. The van der Waals surface area contributed by atoms with Gasteiger partial charge >= 0.3 is 0 Å². The van der Waals surface area contributed by atoms with Gasteiger partial charge in [0.2, 0.25) is 0 Å². The second kappa shape index (κ2) is 5.01. The molecule has 0 fully saturated rings. The molecular weight excluding hydrogens is 312 g/mol.